The van der Waals surface area contributed by atoms with Crippen molar-refractivity contribution in [1.82, 2.24) is 9.88 Å². The van der Waals surface area contributed by atoms with E-state index in [1.165, 1.54) is 31.2 Å². The van der Waals surface area contributed by atoms with Gasteiger partial charge >= 0.3 is 0 Å². The van der Waals surface area contributed by atoms with E-state index >= 15 is 0 Å². The summed E-state index contributed by atoms with van der Waals surface area (Å²) < 4.78 is 38.6. The average molecular weight is 370 g/mol. The minimum atomic E-state index is -3.72. The standard InChI is InChI=1S/C20H19FN2O2S/c21-17-6-8-18(9-7-17)26(24,25)19-12-15-4-3-5-16(20(15)22-13-19)14-23-10-1-2-11-23/h3-9,12-13H,1-2,10-11,14H2. The second-order valence-electron chi connectivity index (χ2n) is 6.60. The van der Waals surface area contributed by atoms with Crippen LogP contribution in [0.1, 0.15) is 18.4 Å². The van der Waals surface area contributed by atoms with Crippen molar-refractivity contribution in [3.63, 3.8) is 0 Å². The molecule has 0 N–H and O–H groups in total. The fraction of sp³-hybridized carbons (Fsp3) is 0.250. The Morgan fingerprint density at radius 3 is 2.46 bits per heavy atom. The zero-order chi connectivity index (χ0) is 18.1. The first-order valence-electron chi connectivity index (χ1n) is 8.65. The van der Waals surface area contributed by atoms with Crippen molar-refractivity contribution in [2.45, 2.75) is 29.2 Å². The Morgan fingerprint density at radius 1 is 1.00 bits per heavy atom. The first-order chi connectivity index (χ1) is 12.5. The fourth-order valence-corrected chi connectivity index (χ4v) is 4.65. The molecule has 1 aromatic heterocycles. The molecule has 4 rings (SSSR count). The molecule has 0 bridgehead atoms. The number of likely N-dealkylation sites (tertiary alicyclic amines) is 1. The number of pyridine rings is 1. The number of benzene rings is 2. The van der Waals surface area contributed by atoms with Gasteiger partial charge in [0.15, 0.2) is 0 Å². The molecule has 4 nitrogen and oxygen atoms in total. The SMILES string of the molecule is O=S(=O)(c1ccc(F)cc1)c1cnc2c(CN3CCCC3)cccc2c1. The number of halogens is 1. The molecule has 0 saturated carbocycles. The molecule has 0 radical (unpaired) electrons. The highest BCUT2D eigenvalue weighted by Gasteiger charge is 2.20. The average Bonchev–Trinajstić information content (AvgIpc) is 3.15. The summed E-state index contributed by atoms with van der Waals surface area (Å²) in [5.41, 5.74) is 1.94. The van der Waals surface area contributed by atoms with Crippen molar-refractivity contribution >= 4 is 20.7 Å². The molecule has 1 fully saturated rings. The fourth-order valence-electron chi connectivity index (χ4n) is 3.41. The maximum Gasteiger partial charge on any atom is 0.208 e. The van der Waals surface area contributed by atoms with Crippen LogP contribution >= 0.6 is 0 Å². The van der Waals surface area contributed by atoms with Crippen molar-refractivity contribution in [2.24, 2.45) is 0 Å². The maximum atomic E-state index is 13.1. The molecular formula is C20H19FN2O2S. The summed E-state index contributed by atoms with van der Waals surface area (Å²) in [7, 11) is -3.72. The minimum Gasteiger partial charge on any atom is -0.299 e. The van der Waals surface area contributed by atoms with E-state index in [0.29, 0.717) is 0 Å². The topological polar surface area (TPSA) is 50.3 Å². The molecule has 0 spiro atoms. The third-order valence-electron chi connectivity index (χ3n) is 4.80. The van der Waals surface area contributed by atoms with E-state index in [2.05, 4.69) is 9.88 Å². The van der Waals surface area contributed by atoms with Crippen molar-refractivity contribution in [1.29, 1.82) is 0 Å². The number of hydrogen-bond donors (Lipinski definition) is 0. The lowest BCUT2D eigenvalue weighted by molar-refractivity contribution is 0.332. The molecule has 1 aliphatic rings. The predicted octanol–water partition coefficient (Wildman–Crippen LogP) is 3.80. The lowest BCUT2D eigenvalue weighted by Gasteiger charge is -2.16. The Bertz CT molecular complexity index is 1040. The van der Waals surface area contributed by atoms with Crippen LogP contribution in [-0.2, 0) is 16.4 Å². The highest BCUT2D eigenvalue weighted by molar-refractivity contribution is 7.91. The third-order valence-corrected chi connectivity index (χ3v) is 6.53. The Kier molecular flexibility index (Phi) is 4.46. The molecule has 2 heterocycles. The molecule has 26 heavy (non-hydrogen) atoms. The zero-order valence-electron chi connectivity index (χ0n) is 14.2. The van der Waals surface area contributed by atoms with E-state index in [4.69, 9.17) is 0 Å². The number of rotatable bonds is 4. The van der Waals surface area contributed by atoms with Crippen LogP contribution in [0.25, 0.3) is 10.9 Å². The van der Waals surface area contributed by atoms with Crippen molar-refractivity contribution in [3.8, 4) is 0 Å². The van der Waals surface area contributed by atoms with Gasteiger partial charge < -0.3 is 0 Å². The molecule has 0 amide bonds. The lowest BCUT2D eigenvalue weighted by Crippen LogP contribution is -2.18. The largest absolute Gasteiger partial charge is 0.299 e. The molecule has 6 heteroatoms. The molecule has 2 aromatic carbocycles. The Balaban J connectivity index is 1.72. The van der Waals surface area contributed by atoms with Crippen molar-refractivity contribution < 1.29 is 12.8 Å². The highest BCUT2D eigenvalue weighted by atomic mass is 32.2. The number of para-hydroxylation sites is 1. The normalized spacial score (nSPS) is 15.6. The first-order valence-corrected chi connectivity index (χ1v) is 10.1. The molecule has 0 unspecified atom stereocenters. The summed E-state index contributed by atoms with van der Waals surface area (Å²) in [6, 6.07) is 12.3. The summed E-state index contributed by atoms with van der Waals surface area (Å²) in [6.45, 7) is 3.01. The summed E-state index contributed by atoms with van der Waals surface area (Å²) in [6.07, 6.45) is 3.84. The van der Waals surface area contributed by atoms with Crippen LogP contribution in [-0.4, -0.2) is 31.4 Å². The Morgan fingerprint density at radius 2 is 1.73 bits per heavy atom. The molecule has 1 saturated heterocycles. The summed E-state index contributed by atoms with van der Waals surface area (Å²) in [5, 5.41) is 0.796. The highest BCUT2D eigenvalue weighted by Crippen LogP contribution is 2.26. The van der Waals surface area contributed by atoms with Crippen LogP contribution < -0.4 is 0 Å². The van der Waals surface area contributed by atoms with Gasteiger partial charge in [0.25, 0.3) is 0 Å². The van der Waals surface area contributed by atoms with E-state index in [-0.39, 0.29) is 9.79 Å². The van der Waals surface area contributed by atoms with Crippen LogP contribution in [0.5, 0.6) is 0 Å². The van der Waals surface area contributed by atoms with Gasteiger partial charge in [0.1, 0.15) is 5.82 Å². The van der Waals surface area contributed by atoms with Gasteiger partial charge in [0, 0.05) is 18.1 Å². The van der Waals surface area contributed by atoms with Crippen LogP contribution in [0.4, 0.5) is 4.39 Å². The van der Waals surface area contributed by atoms with E-state index in [1.54, 1.807) is 6.07 Å². The monoisotopic (exact) mass is 370 g/mol. The van der Waals surface area contributed by atoms with Crippen LogP contribution in [0.3, 0.4) is 0 Å². The van der Waals surface area contributed by atoms with Gasteiger partial charge in [-0.15, -0.1) is 0 Å². The maximum absolute atomic E-state index is 13.1. The molecule has 3 aromatic rings. The Labute approximate surface area is 152 Å². The van der Waals surface area contributed by atoms with Gasteiger partial charge in [-0.05, 0) is 61.8 Å². The summed E-state index contributed by atoms with van der Waals surface area (Å²) in [5.74, 6) is -0.466. The molecule has 0 atom stereocenters. The van der Waals surface area contributed by atoms with Gasteiger partial charge in [-0.2, -0.15) is 0 Å². The summed E-state index contributed by atoms with van der Waals surface area (Å²) in [4.78, 5) is 7.02. The molecule has 134 valence electrons. The number of sulfone groups is 1. The van der Waals surface area contributed by atoms with E-state index in [9.17, 15) is 12.8 Å². The second kappa shape index (κ2) is 6.78. The number of nitrogens with zero attached hydrogens (tertiary/aromatic N) is 2. The van der Waals surface area contributed by atoms with Gasteiger partial charge in [-0.25, -0.2) is 12.8 Å². The smallest absolute Gasteiger partial charge is 0.208 e. The molecule has 1 aliphatic heterocycles. The predicted molar refractivity (Wildman–Crippen MR) is 98.1 cm³/mol. The quantitative estimate of drug-likeness (QED) is 0.656. The minimum absolute atomic E-state index is 0.0632. The van der Waals surface area contributed by atoms with Gasteiger partial charge in [-0.3, -0.25) is 9.88 Å². The zero-order valence-corrected chi connectivity index (χ0v) is 15.0. The molecular weight excluding hydrogens is 351 g/mol. The van der Waals surface area contributed by atoms with Crippen molar-refractivity contribution in [3.05, 3.63) is 66.1 Å². The number of aromatic nitrogens is 1. The van der Waals surface area contributed by atoms with Gasteiger partial charge in [0.2, 0.25) is 9.84 Å². The van der Waals surface area contributed by atoms with Gasteiger partial charge in [-0.1, -0.05) is 18.2 Å². The number of fused-ring (bicyclic) bond motifs is 1. The van der Waals surface area contributed by atoms with Crippen molar-refractivity contribution in [2.75, 3.05) is 13.1 Å². The third kappa shape index (κ3) is 3.22. The number of hydrogen-bond acceptors (Lipinski definition) is 4. The van der Waals surface area contributed by atoms with Crippen LogP contribution in [0.2, 0.25) is 0 Å². The van der Waals surface area contributed by atoms with Gasteiger partial charge in [0.05, 0.1) is 15.3 Å². The first kappa shape index (κ1) is 17.1. The van der Waals surface area contributed by atoms with E-state index in [1.807, 2.05) is 18.2 Å². The molecule has 0 aliphatic carbocycles. The van der Waals surface area contributed by atoms with E-state index in [0.717, 1.165) is 48.2 Å². The lowest BCUT2D eigenvalue weighted by atomic mass is 10.1. The van der Waals surface area contributed by atoms with Crippen LogP contribution in [0, 0.1) is 5.82 Å². The van der Waals surface area contributed by atoms with E-state index < -0.39 is 15.7 Å². The summed E-state index contributed by atoms with van der Waals surface area (Å²) >= 11 is 0. The van der Waals surface area contributed by atoms with Crippen LogP contribution in [0.15, 0.2) is 64.5 Å². The Hall–Kier alpha value is -2.31. The second-order valence-corrected chi connectivity index (χ2v) is 8.55.